The van der Waals surface area contributed by atoms with Crippen LogP contribution in [0, 0.1) is 13.8 Å². The van der Waals surface area contributed by atoms with Crippen molar-refractivity contribution in [2.24, 2.45) is 0 Å². The molecule has 0 aliphatic carbocycles. The zero-order valence-electron chi connectivity index (χ0n) is 16.4. The Morgan fingerprint density at radius 3 is 2.71 bits per heavy atom. The third-order valence-electron chi connectivity index (χ3n) is 4.63. The molecule has 4 aromatic rings. The maximum absolute atomic E-state index is 12.7. The second-order valence-electron chi connectivity index (χ2n) is 6.81. The molecule has 0 unspecified atom stereocenters. The van der Waals surface area contributed by atoms with Crippen LogP contribution in [0.5, 0.6) is 10.9 Å². The highest BCUT2D eigenvalue weighted by Gasteiger charge is 2.16. The van der Waals surface area contributed by atoms with Crippen LogP contribution in [0.1, 0.15) is 22.3 Å². The first-order valence-corrected chi connectivity index (χ1v) is 11.4. The Hall–Kier alpha value is -3.28. The van der Waals surface area contributed by atoms with Gasteiger partial charge in [-0.15, -0.1) is 0 Å². The summed E-state index contributed by atoms with van der Waals surface area (Å²) < 4.78 is 44.2. The molecule has 1 aromatic carbocycles. The molecule has 0 aliphatic rings. The van der Waals surface area contributed by atoms with Gasteiger partial charge in [0.1, 0.15) is 17.2 Å². The zero-order valence-corrected chi connectivity index (χ0v) is 18.1. The largest absolute Gasteiger partial charge is 0.430 e. The molecule has 0 fully saturated rings. The molecule has 0 atom stereocenters. The van der Waals surface area contributed by atoms with Crippen molar-refractivity contribution in [1.82, 2.24) is 9.97 Å². The predicted molar refractivity (Wildman–Crippen MR) is 116 cm³/mol. The van der Waals surface area contributed by atoms with E-state index in [9.17, 15) is 13.2 Å². The summed E-state index contributed by atoms with van der Waals surface area (Å²) in [7, 11) is -4.45. The van der Waals surface area contributed by atoms with E-state index in [-0.39, 0.29) is 12.2 Å². The van der Waals surface area contributed by atoms with Crippen molar-refractivity contribution in [2.75, 3.05) is 4.72 Å². The second kappa shape index (κ2) is 8.10. The Morgan fingerprint density at radius 2 is 2.00 bits per heavy atom. The van der Waals surface area contributed by atoms with Gasteiger partial charge < -0.3 is 9.15 Å². The van der Waals surface area contributed by atoms with Crippen LogP contribution in [0.25, 0.3) is 11.0 Å². The number of nitrogens with one attached hydrogen (secondary N) is 1. The van der Waals surface area contributed by atoms with Crippen molar-refractivity contribution in [3.05, 3.63) is 74.7 Å². The number of thiazole rings is 1. The van der Waals surface area contributed by atoms with E-state index in [4.69, 9.17) is 13.7 Å². The topological polar surface area (TPSA) is 132 Å². The third kappa shape index (κ3) is 4.74. The summed E-state index contributed by atoms with van der Waals surface area (Å²) in [4.78, 5) is 20.6. The van der Waals surface area contributed by atoms with Gasteiger partial charge in [0.15, 0.2) is 0 Å². The molecule has 0 amide bonds. The van der Waals surface area contributed by atoms with Crippen LogP contribution >= 0.6 is 11.3 Å². The van der Waals surface area contributed by atoms with Crippen LogP contribution in [0.4, 0.5) is 5.82 Å². The number of ether oxygens (including phenoxy) is 1. The quantitative estimate of drug-likeness (QED) is 0.328. The minimum atomic E-state index is -4.45. The lowest BCUT2D eigenvalue weighted by atomic mass is 9.99. The van der Waals surface area contributed by atoms with E-state index in [1.54, 1.807) is 23.7 Å². The number of hydrogen-bond donors (Lipinski definition) is 2. The fourth-order valence-electron chi connectivity index (χ4n) is 3.17. The molecular formula is C20H17N3O6S2. The smallest absolute Gasteiger partial charge is 0.358 e. The SMILES string of the molecule is Cc1cc2c(C)c(Cc3ccnc(NS(=O)(=O)O)c3)c(=O)oc2cc1Oc1nccs1. The van der Waals surface area contributed by atoms with E-state index < -0.39 is 15.9 Å². The zero-order chi connectivity index (χ0) is 22.2. The highest BCUT2D eigenvalue weighted by atomic mass is 32.2. The fourth-order valence-corrected chi connectivity index (χ4v) is 4.04. The van der Waals surface area contributed by atoms with Gasteiger partial charge in [-0.1, -0.05) is 11.3 Å². The monoisotopic (exact) mass is 459 g/mol. The van der Waals surface area contributed by atoms with Gasteiger partial charge in [-0.2, -0.15) is 8.42 Å². The van der Waals surface area contributed by atoms with E-state index in [0.29, 0.717) is 27.7 Å². The lowest BCUT2D eigenvalue weighted by molar-refractivity contribution is 0.472. The molecule has 0 bridgehead atoms. The summed E-state index contributed by atoms with van der Waals surface area (Å²) in [6.07, 6.45) is 3.22. The Morgan fingerprint density at radius 1 is 1.19 bits per heavy atom. The van der Waals surface area contributed by atoms with Crippen molar-refractivity contribution in [1.29, 1.82) is 0 Å². The molecule has 9 nitrogen and oxygen atoms in total. The molecular weight excluding hydrogens is 442 g/mol. The molecule has 3 aromatic heterocycles. The maximum atomic E-state index is 12.7. The number of fused-ring (bicyclic) bond motifs is 1. The molecule has 0 saturated heterocycles. The normalized spacial score (nSPS) is 11.6. The Bertz CT molecular complexity index is 1430. The molecule has 0 radical (unpaired) electrons. The van der Waals surface area contributed by atoms with E-state index >= 15 is 0 Å². The number of pyridine rings is 1. The van der Waals surface area contributed by atoms with E-state index in [1.165, 1.54) is 23.6 Å². The van der Waals surface area contributed by atoms with Crippen molar-refractivity contribution in [3.8, 4) is 10.9 Å². The van der Waals surface area contributed by atoms with Crippen LogP contribution in [0.15, 0.2) is 51.3 Å². The average Bonchev–Trinajstić information content (AvgIpc) is 3.19. The Kier molecular flexibility index (Phi) is 5.48. The summed E-state index contributed by atoms with van der Waals surface area (Å²) in [5, 5.41) is 3.06. The summed E-state index contributed by atoms with van der Waals surface area (Å²) in [5.41, 5.74) is 2.55. The number of rotatable bonds is 6. The Balaban J connectivity index is 1.71. The lowest BCUT2D eigenvalue weighted by Gasteiger charge is -2.12. The highest BCUT2D eigenvalue weighted by molar-refractivity contribution is 7.87. The molecule has 2 N–H and O–H groups in total. The minimum Gasteiger partial charge on any atom is -0.430 e. The van der Waals surface area contributed by atoms with Crippen LogP contribution in [-0.2, 0) is 16.7 Å². The number of nitrogens with zero attached hydrogens (tertiary/aromatic N) is 2. The fraction of sp³-hybridized carbons (Fsp3) is 0.150. The van der Waals surface area contributed by atoms with Gasteiger partial charge in [0.25, 0.3) is 5.19 Å². The van der Waals surface area contributed by atoms with Gasteiger partial charge >= 0.3 is 15.9 Å². The average molecular weight is 460 g/mol. The summed E-state index contributed by atoms with van der Waals surface area (Å²) >= 11 is 1.36. The van der Waals surface area contributed by atoms with Gasteiger partial charge in [-0.25, -0.2) is 19.5 Å². The van der Waals surface area contributed by atoms with Crippen LogP contribution < -0.4 is 15.1 Å². The molecule has 11 heteroatoms. The Labute approximate surface area is 181 Å². The predicted octanol–water partition coefficient (Wildman–Crippen LogP) is 3.86. The number of hydrogen-bond acceptors (Lipinski definition) is 8. The molecule has 3 heterocycles. The summed E-state index contributed by atoms with van der Waals surface area (Å²) in [6, 6.07) is 6.64. The third-order valence-corrected chi connectivity index (χ3v) is 5.74. The standard InChI is InChI=1S/C20H17N3O6S2/c1-11-7-14-12(2)15(8-13-3-4-21-18(9-13)23-31(25,26)27)19(24)28-17(14)10-16(11)29-20-22-5-6-30-20/h3-7,9-10H,8H2,1-2H3,(H,21,23)(H,25,26,27). The number of aryl methyl sites for hydroxylation is 2. The van der Waals surface area contributed by atoms with Gasteiger partial charge in [-0.3, -0.25) is 4.55 Å². The van der Waals surface area contributed by atoms with Crippen molar-refractivity contribution >= 4 is 38.4 Å². The van der Waals surface area contributed by atoms with Gasteiger partial charge in [0.05, 0.1) is 0 Å². The molecule has 0 aliphatic heterocycles. The summed E-state index contributed by atoms with van der Waals surface area (Å²) in [6.45, 7) is 3.72. The number of benzene rings is 1. The molecule has 160 valence electrons. The first kappa shape index (κ1) is 21.0. The maximum Gasteiger partial charge on any atom is 0.358 e. The van der Waals surface area contributed by atoms with Crippen molar-refractivity contribution < 1.29 is 22.1 Å². The molecule has 31 heavy (non-hydrogen) atoms. The minimum absolute atomic E-state index is 0.0531. The molecule has 4 rings (SSSR count). The lowest BCUT2D eigenvalue weighted by Crippen LogP contribution is -2.13. The second-order valence-corrected chi connectivity index (χ2v) is 8.82. The van der Waals surface area contributed by atoms with Crippen molar-refractivity contribution in [3.63, 3.8) is 0 Å². The molecule has 0 saturated carbocycles. The first-order valence-electron chi connectivity index (χ1n) is 9.04. The van der Waals surface area contributed by atoms with Crippen LogP contribution in [0.3, 0.4) is 0 Å². The van der Waals surface area contributed by atoms with Crippen LogP contribution in [0.2, 0.25) is 0 Å². The van der Waals surface area contributed by atoms with Gasteiger partial charge in [0.2, 0.25) is 0 Å². The number of anilines is 1. The number of aromatic nitrogens is 2. The van der Waals surface area contributed by atoms with Crippen LogP contribution in [-0.4, -0.2) is 22.9 Å². The first-order chi connectivity index (χ1) is 14.7. The summed E-state index contributed by atoms with van der Waals surface area (Å²) in [5.74, 6) is 0.496. The van der Waals surface area contributed by atoms with Gasteiger partial charge in [-0.05, 0) is 48.7 Å². The van der Waals surface area contributed by atoms with Gasteiger partial charge in [0, 0.05) is 41.2 Å². The van der Waals surface area contributed by atoms with E-state index in [1.807, 2.05) is 24.6 Å². The molecule has 0 spiro atoms. The van der Waals surface area contributed by atoms with E-state index in [2.05, 4.69) is 9.97 Å². The van der Waals surface area contributed by atoms with E-state index in [0.717, 1.165) is 16.5 Å². The van der Waals surface area contributed by atoms with Crippen molar-refractivity contribution in [2.45, 2.75) is 20.3 Å². The highest BCUT2D eigenvalue weighted by Crippen LogP contribution is 2.32.